The molecule has 5 nitrogen and oxygen atoms in total. The van der Waals surface area contributed by atoms with Crippen LogP contribution in [0.15, 0.2) is 82.0 Å². The summed E-state index contributed by atoms with van der Waals surface area (Å²) in [5.41, 5.74) is 4.28. The average Bonchev–Trinajstić information content (AvgIpc) is 3.09. The van der Waals surface area contributed by atoms with E-state index in [-0.39, 0.29) is 11.2 Å². The summed E-state index contributed by atoms with van der Waals surface area (Å²) in [6.07, 6.45) is 0. The van der Waals surface area contributed by atoms with E-state index in [9.17, 15) is 9.59 Å². The highest BCUT2D eigenvalue weighted by Gasteiger charge is 2.20. The normalized spacial score (nSPS) is 11.2. The number of nitrogens with zero attached hydrogens (tertiary/aromatic N) is 1. The lowest BCUT2D eigenvalue weighted by atomic mass is 10.1. The van der Waals surface area contributed by atoms with Crippen LogP contribution < -0.4 is 10.2 Å². The highest BCUT2D eigenvalue weighted by Crippen LogP contribution is 2.33. The van der Waals surface area contributed by atoms with Gasteiger partial charge in [0.05, 0.1) is 18.0 Å². The molecule has 3 aromatic carbocycles. The minimum absolute atomic E-state index is 0.0322. The zero-order valence-corrected chi connectivity index (χ0v) is 18.0. The first-order chi connectivity index (χ1) is 15.5. The van der Waals surface area contributed by atoms with Gasteiger partial charge in [-0.15, -0.1) is 0 Å². The Balaban J connectivity index is 1.81. The molecule has 5 rings (SSSR count). The summed E-state index contributed by atoms with van der Waals surface area (Å²) in [6.45, 7) is 3.48. The molecule has 0 atom stereocenters. The Bertz CT molecular complexity index is 1540. The van der Waals surface area contributed by atoms with E-state index in [0.29, 0.717) is 22.3 Å². The molecule has 0 radical (unpaired) electrons. The van der Waals surface area contributed by atoms with E-state index in [4.69, 9.17) is 9.15 Å². The second kappa shape index (κ2) is 7.54. The second-order valence-electron chi connectivity index (χ2n) is 7.76. The highest BCUT2D eigenvalue weighted by molar-refractivity contribution is 6.11. The first-order valence-electron chi connectivity index (χ1n) is 10.3. The Morgan fingerprint density at radius 3 is 2.31 bits per heavy atom. The van der Waals surface area contributed by atoms with Crippen LogP contribution >= 0.6 is 0 Å². The standard InChI is InChI=1S/C27H21NO4/c1-16-27(17(2)29)21-14-26-22(13-23(21)28(16)19-7-5-4-6-8-19)24(30)15-25(32-26)18-9-11-20(31-3)12-10-18/h4-15H,1-3H3. The maximum absolute atomic E-state index is 13.1. The SMILES string of the molecule is COc1ccc(-c2cc(=O)c3cc4c(cc3o2)c(C(C)=O)c(C)n4-c2ccccc2)cc1. The predicted octanol–water partition coefficient (Wildman–Crippen LogP) is 5.92. The van der Waals surface area contributed by atoms with E-state index in [0.717, 1.165) is 33.6 Å². The monoisotopic (exact) mass is 423 g/mol. The number of carbonyl (C=O) groups is 1. The Hall–Kier alpha value is -4.12. The molecule has 0 bridgehead atoms. The van der Waals surface area contributed by atoms with Gasteiger partial charge in [-0.05, 0) is 62.4 Å². The van der Waals surface area contributed by atoms with Crippen LogP contribution in [0.25, 0.3) is 38.9 Å². The van der Waals surface area contributed by atoms with Crippen molar-refractivity contribution in [2.45, 2.75) is 13.8 Å². The molecule has 0 spiro atoms. The van der Waals surface area contributed by atoms with Crippen molar-refractivity contribution in [3.8, 4) is 22.8 Å². The van der Waals surface area contributed by atoms with E-state index in [2.05, 4.69) is 0 Å². The Morgan fingerprint density at radius 1 is 0.938 bits per heavy atom. The van der Waals surface area contributed by atoms with E-state index < -0.39 is 0 Å². The predicted molar refractivity (Wildman–Crippen MR) is 126 cm³/mol. The number of hydrogen-bond donors (Lipinski definition) is 0. The average molecular weight is 423 g/mol. The molecule has 0 saturated carbocycles. The van der Waals surface area contributed by atoms with Gasteiger partial charge in [0.15, 0.2) is 11.2 Å². The molecule has 158 valence electrons. The Labute approximate surface area is 184 Å². The van der Waals surface area contributed by atoms with Gasteiger partial charge in [0.25, 0.3) is 0 Å². The number of Topliss-reactive ketones (excluding diaryl/α,β-unsaturated/α-hetero) is 1. The molecule has 5 aromatic rings. The fourth-order valence-corrected chi connectivity index (χ4v) is 4.31. The highest BCUT2D eigenvalue weighted by atomic mass is 16.5. The molecule has 2 aromatic heterocycles. The molecular weight excluding hydrogens is 402 g/mol. The quantitative estimate of drug-likeness (QED) is 0.337. The lowest BCUT2D eigenvalue weighted by molar-refractivity contribution is 0.101. The molecule has 0 aliphatic carbocycles. The number of hydrogen-bond acceptors (Lipinski definition) is 4. The number of fused-ring (bicyclic) bond motifs is 2. The summed E-state index contributed by atoms with van der Waals surface area (Å²) < 4.78 is 13.4. The molecule has 0 saturated heterocycles. The van der Waals surface area contributed by atoms with Crippen LogP contribution in [0.2, 0.25) is 0 Å². The van der Waals surface area contributed by atoms with Gasteiger partial charge in [0, 0.05) is 34.0 Å². The Kier molecular flexibility index (Phi) is 4.67. The summed E-state index contributed by atoms with van der Waals surface area (Å²) in [6, 6.07) is 22.3. The fourth-order valence-electron chi connectivity index (χ4n) is 4.31. The number of para-hydroxylation sites is 1. The van der Waals surface area contributed by atoms with Gasteiger partial charge in [0.2, 0.25) is 0 Å². The van der Waals surface area contributed by atoms with Crippen molar-refractivity contribution in [3.63, 3.8) is 0 Å². The topological polar surface area (TPSA) is 61.4 Å². The van der Waals surface area contributed by atoms with Crippen molar-refractivity contribution in [1.82, 2.24) is 4.57 Å². The number of benzene rings is 3. The van der Waals surface area contributed by atoms with Crippen molar-refractivity contribution in [3.05, 3.63) is 94.3 Å². The third-order valence-electron chi connectivity index (χ3n) is 5.79. The third kappa shape index (κ3) is 3.10. The molecule has 0 fully saturated rings. The van der Waals surface area contributed by atoms with Crippen molar-refractivity contribution in [2.24, 2.45) is 0 Å². The smallest absolute Gasteiger partial charge is 0.193 e. The van der Waals surface area contributed by atoms with Gasteiger partial charge < -0.3 is 13.7 Å². The largest absolute Gasteiger partial charge is 0.497 e. The molecule has 32 heavy (non-hydrogen) atoms. The fraction of sp³-hybridized carbons (Fsp3) is 0.111. The lowest BCUT2D eigenvalue weighted by Crippen LogP contribution is -2.01. The minimum atomic E-state index is -0.137. The van der Waals surface area contributed by atoms with Crippen LogP contribution in [0, 0.1) is 6.92 Å². The van der Waals surface area contributed by atoms with Gasteiger partial charge in [-0.2, -0.15) is 0 Å². The molecule has 0 amide bonds. The number of aromatic nitrogens is 1. The van der Waals surface area contributed by atoms with Crippen LogP contribution in [0.5, 0.6) is 5.75 Å². The maximum atomic E-state index is 13.1. The first-order valence-corrected chi connectivity index (χ1v) is 10.3. The van der Waals surface area contributed by atoms with Gasteiger partial charge in [-0.3, -0.25) is 9.59 Å². The molecule has 0 N–H and O–H groups in total. The van der Waals surface area contributed by atoms with Crippen LogP contribution in [0.1, 0.15) is 23.0 Å². The summed E-state index contributed by atoms with van der Waals surface area (Å²) >= 11 is 0. The zero-order valence-electron chi connectivity index (χ0n) is 18.0. The van der Waals surface area contributed by atoms with E-state index >= 15 is 0 Å². The van der Waals surface area contributed by atoms with Crippen molar-refractivity contribution in [1.29, 1.82) is 0 Å². The number of methoxy groups -OCH3 is 1. The van der Waals surface area contributed by atoms with Gasteiger partial charge in [-0.1, -0.05) is 18.2 Å². The number of carbonyl (C=O) groups excluding carboxylic acids is 1. The second-order valence-corrected chi connectivity index (χ2v) is 7.76. The Morgan fingerprint density at radius 2 is 1.66 bits per heavy atom. The zero-order chi connectivity index (χ0) is 22.4. The van der Waals surface area contributed by atoms with E-state index in [1.165, 1.54) is 6.07 Å². The van der Waals surface area contributed by atoms with E-state index in [1.54, 1.807) is 14.0 Å². The number of rotatable bonds is 4. The molecule has 0 unspecified atom stereocenters. The summed E-state index contributed by atoms with van der Waals surface area (Å²) in [7, 11) is 1.60. The summed E-state index contributed by atoms with van der Waals surface area (Å²) in [5, 5.41) is 1.24. The molecule has 0 aliphatic rings. The van der Waals surface area contributed by atoms with Crippen molar-refractivity contribution >= 4 is 27.7 Å². The number of ketones is 1. The van der Waals surface area contributed by atoms with Crippen LogP contribution in [-0.2, 0) is 0 Å². The van der Waals surface area contributed by atoms with Crippen LogP contribution in [0.3, 0.4) is 0 Å². The summed E-state index contributed by atoms with van der Waals surface area (Å²) in [5.74, 6) is 1.16. The maximum Gasteiger partial charge on any atom is 0.193 e. The van der Waals surface area contributed by atoms with Crippen molar-refractivity contribution in [2.75, 3.05) is 7.11 Å². The van der Waals surface area contributed by atoms with Crippen molar-refractivity contribution < 1.29 is 13.9 Å². The molecule has 2 heterocycles. The van der Waals surface area contributed by atoms with Gasteiger partial charge >= 0.3 is 0 Å². The summed E-state index contributed by atoms with van der Waals surface area (Å²) in [4.78, 5) is 25.6. The van der Waals surface area contributed by atoms with E-state index in [1.807, 2.05) is 78.2 Å². The van der Waals surface area contributed by atoms with Gasteiger partial charge in [-0.25, -0.2) is 0 Å². The molecule has 0 aliphatic heterocycles. The minimum Gasteiger partial charge on any atom is -0.497 e. The van der Waals surface area contributed by atoms with Gasteiger partial charge in [0.1, 0.15) is 17.1 Å². The third-order valence-corrected chi connectivity index (χ3v) is 5.79. The van der Waals surface area contributed by atoms with Crippen LogP contribution in [-0.4, -0.2) is 17.5 Å². The first kappa shape index (κ1) is 19.8. The lowest BCUT2D eigenvalue weighted by Gasteiger charge is -2.09. The molecular formula is C27H21NO4. The number of ether oxygens (including phenoxy) is 1. The molecule has 5 heteroatoms. The van der Waals surface area contributed by atoms with Crippen LogP contribution in [0.4, 0.5) is 0 Å².